The van der Waals surface area contributed by atoms with Crippen LogP contribution in [0.15, 0.2) is 39.6 Å². The molecule has 7 heteroatoms. The highest BCUT2D eigenvalue weighted by atomic mass is 35.5. The first kappa shape index (κ1) is 14.9. The Bertz CT molecular complexity index is 709. The molecular weight excluding hydrogens is 302 g/mol. The van der Waals surface area contributed by atoms with Gasteiger partial charge in [0.05, 0.1) is 13.7 Å². The van der Waals surface area contributed by atoms with Gasteiger partial charge in [-0.25, -0.2) is 13.1 Å². The number of rotatable bonds is 5. The van der Waals surface area contributed by atoms with E-state index in [2.05, 4.69) is 4.72 Å². The summed E-state index contributed by atoms with van der Waals surface area (Å²) in [6.07, 6.45) is 0. The molecule has 0 aliphatic heterocycles. The number of hydrogen-bond donors (Lipinski definition) is 1. The summed E-state index contributed by atoms with van der Waals surface area (Å²) in [5, 5.41) is 0.319. The second-order valence-electron chi connectivity index (χ2n) is 4.13. The number of sulfonamides is 1. The first-order valence-corrected chi connectivity index (χ1v) is 7.67. The minimum atomic E-state index is -3.73. The lowest BCUT2D eigenvalue weighted by Crippen LogP contribution is -2.23. The van der Waals surface area contributed by atoms with Crippen molar-refractivity contribution in [1.29, 1.82) is 0 Å². The third-order valence-corrected chi connectivity index (χ3v) is 4.31. The zero-order valence-corrected chi connectivity index (χ0v) is 12.6. The Kier molecular flexibility index (Phi) is 4.37. The van der Waals surface area contributed by atoms with Crippen molar-refractivity contribution in [2.45, 2.75) is 18.4 Å². The van der Waals surface area contributed by atoms with Crippen molar-refractivity contribution >= 4 is 21.6 Å². The van der Waals surface area contributed by atoms with Crippen LogP contribution in [-0.4, -0.2) is 15.5 Å². The van der Waals surface area contributed by atoms with Gasteiger partial charge in [-0.15, -0.1) is 0 Å². The second-order valence-corrected chi connectivity index (χ2v) is 6.30. The molecule has 0 saturated carbocycles. The number of nitrogens with one attached hydrogen (secondary N) is 1. The maximum atomic E-state index is 12.3. The van der Waals surface area contributed by atoms with E-state index in [1.165, 1.54) is 19.2 Å². The van der Waals surface area contributed by atoms with Crippen molar-refractivity contribution < 1.29 is 17.6 Å². The fourth-order valence-corrected chi connectivity index (χ4v) is 3.11. The van der Waals surface area contributed by atoms with E-state index in [4.69, 9.17) is 20.8 Å². The fraction of sp³-hybridized carbons (Fsp3) is 0.231. The van der Waals surface area contributed by atoms with E-state index in [9.17, 15) is 8.42 Å². The third kappa shape index (κ3) is 3.33. The van der Waals surface area contributed by atoms with Crippen LogP contribution in [0, 0.1) is 6.92 Å². The molecule has 0 spiro atoms. The van der Waals surface area contributed by atoms with Crippen molar-refractivity contribution in [3.05, 3.63) is 46.9 Å². The van der Waals surface area contributed by atoms with Crippen LogP contribution in [0.1, 0.15) is 11.5 Å². The van der Waals surface area contributed by atoms with Crippen molar-refractivity contribution in [2.24, 2.45) is 0 Å². The summed E-state index contributed by atoms with van der Waals surface area (Å²) in [6, 6.07) is 7.90. The molecule has 0 atom stereocenters. The minimum Gasteiger partial charge on any atom is -0.495 e. The standard InChI is InChI=1S/C13H14ClNO4S/c1-9-3-5-11(19-9)8-15-20(16,17)13-7-10(14)4-6-12(13)18-2/h3-7,15H,8H2,1-2H3. The first-order valence-electron chi connectivity index (χ1n) is 5.81. The highest BCUT2D eigenvalue weighted by molar-refractivity contribution is 7.89. The summed E-state index contributed by atoms with van der Waals surface area (Å²) in [5.41, 5.74) is 0. The maximum absolute atomic E-state index is 12.3. The smallest absolute Gasteiger partial charge is 0.244 e. The molecule has 1 aromatic heterocycles. The molecule has 0 bridgehead atoms. The predicted molar refractivity (Wildman–Crippen MR) is 75.5 cm³/mol. The van der Waals surface area contributed by atoms with Crippen molar-refractivity contribution in [3.63, 3.8) is 0 Å². The SMILES string of the molecule is COc1ccc(Cl)cc1S(=O)(=O)NCc1ccc(C)o1. The highest BCUT2D eigenvalue weighted by Gasteiger charge is 2.20. The zero-order chi connectivity index (χ0) is 14.8. The highest BCUT2D eigenvalue weighted by Crippen LogP contribution is 2.27. The van der Waals surface area contributed by atoms with Crippen LogP contribution in [0.5, 0.6) is 5.75 Å². The molecule has 2 rings (SSSR count). The fourth-order valence-electron chi connectivity index (χ4n) is 1.68. The van der Waals surface area contributed by atoms with E-state index in [0.29, 0.717) is 10.8 Å². The maximum Gasteiger partial charge on any atom is 0.244 e. The topological polar surface area (TPSA) is 68.5 Å². The van der Waals surface area contributed by atoms with Crippen LogP contribution >= 0.6 is 11.6 Å². The molecule has 2 aromatic rings. The lowest BCUT2D eigenvalue weighted by atomic mass is 10.3. The van der Waals surface area contributed by atoms with Crippen LogP contribution in [0.4, 0.5) is 0 Å². The Morgan fingerprint density at radius 2 is 2.05 bits per heavy atom. The van der Waals surface area contributed by atoms with E-state index in [1.54, 1.807) is 25.1 Å². The summed E-state index contributed by atoms with van der Waals surface area (Å²) in [4.78, 5) is -0.00391. The van der Waals surface area contributed by atoms with Crippen molar-refractivity contribution in [2.75, 3.05) is 7.11 Å². The normalized spacial score (nSPS) is 11.6. The van der Waals surface area contributed by atoms with E-state index in [1.807, 2.05) is 0 Å². The molecule has 0 amide bonds. The summed E-state index contributed by atoms with van der Waals surface area (Å²) in [6.45, 7) is 1.85. The second kappa shape index (κ2) is 5.87. The monoisotopic (exact) mass is 315 g/mol. The van der Waals surface area contributed by atoms with Crippen LogP contribution in [0.3, 0.4) is 0 Å². The number of furan rings is 1. The molecule has 20 heavy (non-hydrogen) atoms. The Morgan fingerprint density at radius 3 is 2.65 bits per heavy atom. The molecular formula is C13H14ClNO4S. The summed E-state index contributed by atoms with van der Waals surface area (Å²) in [5.74, 6) is 1.49. The quantitative estimate of drug-likeness (QED) is 0.921. The van der Waals surface area contributed by atoms with E-state index in [0.717, 1.165) is 5.76 Å². The van der Waals surface area contributed by atoms with Gasteiger partial charge in [-0.3, -0.25) is 0 Å². The molecule has 108 valence electrons. The molecule has 0 unspecified atom stereocenters. The predicted octanol–water partition coefficient (Wildman–Crippen LogP) is 2.73. The van der Waals surface area contributed by atoms with Gasteiger partial charge in [0.15, 0.2) is 0 Å². The number of halogens is 1. The number of hydrogen-bond acceptors (Lipinski definition) is 4. The lowest BCUT2D eigenvalue weighted by molar-refractivity contribution is 0.402. The van der Waals surface area contributed by atoms with Gasteiger partial charge in [0.1, 0.15) is 22.2 Å². The summed E-state index contributed by atoms with van der Waals surface area (Å²) in [7, 11) is -2.33. The van der Waals surface area contributed by atoms with E-state index in [-0.39, 0.29) is 17.2 Å². The van der Waals surface area contributed by atoms with E-state index < -0.39 is 10.0 Å². The molecule has 1 N–H and O–H groups in total. The molecule has 0 radical (unpaired) electrons. The average Bonchev–Trinajstić information content (AvgIpc) is 2.82. The lowest BCUT2D eigenvalue weighted by Gasteiger charge is -2.10. The molecule has 5 nitrogen and oxygen atoms in total. The Balaban J connectivity index is 2.24. The Labute approximate surface area is 122 Å². The minimum absolute atomic E-state index is 0.00391. The van der Waals surface area contributed by atoms with Crippen LogP contribution in [-0.2, 0) is 16.6 Å². The zero-order valence-electron chi connectivity index (χ0n) is 11.0. The molecule has 1 heterocycles. The molecule has 0 aliphatic rings. The van der Waals surface area contributed by atoms with Gasteiger partial charge in [-0.1, -0.05) is 11.6 Å². The first-order chi connectivity index (χ1) is 9.42. The summed E-state index contributed by atoms with van der Waals surface area (Å²) < 4.78 is 37.3. The van der Waals surface area contributed by atoms with Crippen LogP contribution in [0.2, 0.25) is 5.02 Å². The Morgan fingerprint density at radius 1 is 1.30 bits per heavy atom. The van der Waals surface area contributed by atoms with Crippen molar-refractivity contribution in [1.82, 2.24) is 4.72 Å². The van der Waals surface area contributed by atoms with Gasteiger partial charge in [-0.05, 0) is 37.3 Å². The largest absolute Gasteiger partial charge is 0.495 e. The van der Waals surface area contributed by atoms with Crippen LogP contribution < -0.4 is 9.46 Å². The molecule has 1 aromatic carbocycles. The molecule has 0 aliphatic carbocycles. The number of ether oxygens (including phenoxy) is 1. The average molecular weight is 316 g/mol. The Hall–Kier alpha value is -1.50. The van der Waals surface area contributed by atoms with Gasteiger partial charge in [0.25, 0.3) is 0 Å². The molecule has 0 fully saturated rings. The van der Waals surface area contributed by atoms with Gasteiger partial charge in [0.2, 0.25) is 10.0 Å². The van der Waals surface area contributed by atoms with Gasteiger partial charge < -0.3 is 9.15 Å². The number of methoxy groups -OCH3 is 1. The van der Waals surface area contributed by atoms with Crippen molar-refractivity contribution in [3.8, 4) is 5.75 Å². The third-order valence-electron chi connectivity index (χ3n) is 2.65. The number of aryl methyl sites for hydroxylation is 1. The molecule has 0 saturated heterocycles. The van der Waals surface area contributed by atoms with E-state index >= 15 is 0 Å². The van der Waals surface area contributed by atoms with Gasteiger partial charge in [-0.2, -0.15) is 0 Å². The van der Waals surface area contributed by atoms with Gasteiger partial charge in [0, 0.05) is 5.02 Å². The van der Waals surface area contributed by atoms with Gasteiger partial charge >= 0.3 is 0 Å². The summed E-state index contributed by atoms with van der Waals surface area (Å²) >= 11 is 5.83. The number of benzene rings is 1. The van der Waals surface area contributed by atoms with Crippen LogP contribution in [0.25, 0.3) is 0 Å².